The van der Waals surface area contributed by atoms with Gasteiger partial charge in [0.2, 0.25) is 0 Å². The average molecular weight is 541 g/mol. The van der Waals surface area contributed by atoms with Crippen molar-refractivity contribution in [3.8, 4) is 0 Å². The van der Waals surface area contributed by atoms with Gasteiger partial charge in [0.25, 0.3) is 5.91 Å². The van der Waals surface area contributed by atoms with Crippen LogP contribution in [0.15, 0.2) is 54.6 Å². The lowest BCUT2D eigenvalue weighted by molar-refractivity contribution is 0.100. The van der Waals surface area contributed by atoms with E-state index in [-0.39, 0.29) is 0 Å². The Bertz CT molecular complexity index is 1290. The zero-order valence-electron chi connectivity index (χ0n) is 17.1. The van der Waals surface area contributed by atoms with Gasteiger partial charge in [0.15, 0.2) is 0 Å². The van der Waals surface area contributed by atoms with Gasteiger partial charge in [0.05, 0.1) is 34.5 Å². The van der Waals surface area contributed by atoms with Crippen molar-refractivity contribution in [1.82, 2.24) is 14.5 Å². The van der Waals surface area contributed by atoms with E-state index in [2.05, 4.69) is 51.4 Å². The van der Waals surface area contributed by atoms with E-state index in [1.54, 1.807) is 12.1 Å². The number of rotatable bonds is 6. The first-order valence-electron chi connectivity index (χ1n) is 9.63. The summed E-state index contributed by atoms with van der Waals surface area (Å²) in [5, 5.41) is 9.13. The number of nitrogens with two attached hydrogens (primary N) is 1. The third kappa shape index (κ3) is 4.78. The van der Waals surface area contributed by atoms with Crippen molar-refractivity contribution in [2.24, 2.45) is 5.73 Å². The predicted octanol–water partition coefficient (Wildman–Crippen LogP) is 5.85. The standard InChI is InChI=1S/C23H21IN5OP/c1-14-11-15(2)26-16(12-14)8-10-21-18-9-7-17(13-22(18)29(28-21)31-24)27-20-6-4-3-5-19(20)23(25)30/h3-13,27,31H,1-2H3,(H2,25,30)/b10-8+. The topological polar surface area (TPSA) is 85.8 Å². The Morgan fingerprint density at radius 2 is 1.94 bits per heavy atom. The summed E-state index contributed by atoms with van der Waals surface area (Å²) >= 11 is 2.32. The molecule has 31 heavy (non-hydrogen) atoms. The number of benzene rings is 2. The van der Waals surface area contributed by atoms with Crippen LogP contribution in [0.2, 0.25) is 0 Å². The normalized spacial score (nSPS) is 11.7. The summed E-state index contributed by atoms with van der Waals surface area (Å²) in [6, 6.07) is 17.4. The number of carbonyl (C=O) groups is 1. The minimum Gasteiger partial charge on any atom is -0.366 e. The van der Waals surface area contributed by atoms with E-state index in [0.717, 1.165) is 33.7 Å². The largest absolute Gasteiger partial charge is 0.366 e. The summed E-state index contributed by atoms with van der Waals surface area (Å²) in [5.41, 5.74) is 12.5. The molecule has 6 nitrogen and oxygen atoms in total. The van der Waals surface area contributed by atoms with E-state index in [4.69, 9.17) is 10.8 Å². The molecule has 1 amide bonds. The van der Waals surface area contributed by atoms with Crippen molar-refractivity contribution in [2.45, 2.75) is 13.8 Å². The third-order valence-electron chi connectivity index (χ3n) is 4.79. The second-order valence-corrected chi connectivity index (χ2v) is 9.23. The molecule has 0 aliphatic carbocycles. The van der Waals surface area contributed by atoms with Crippen LogP contribution in [0.4, 0.5) is 11.4 Å². The van der Waals surface area contributed by atoms with Gasteiger partial charge in [-0.1, -0.05) is 12.1 Å². The van der Waals surface area contributed by atoms with Crippen LogP contribution in [0.3, 0.4) is 0 Å². The quantitative estimate of drug-likeness (QED) is 0.237. The molecule has 2 heterocycles. The fourth-order valence-corrected chi connectivity index (χ4v) is 5.01. The van der Waals surface area contributed by atoms with Crippen LogP contribution in [0, 0.1) is 13.8 Å². The second kappa shape index (κ2) is 9.16. The number of nitrogens with one attached hydrogen (secondary N) is 1. The molecule has 2 aromatic carbocycles. The van der Waals surface area contributed by atoms with Crippen LogP contribution >= 0.6 is 28.4 Å². The Hall–Kier alpha value is -2.77. The van der Waals surface area contributed by atoms with E-state index in [9.17, 15) is 4.79 Å². The summed E-state index contributed by atoms with van der Waals surface area (Å²) in [7, 11) is 0. The van der Waals surface area contributed by atoms with Crippen molar-refractivity contribution in [2.75, 3.05) is 5.32 Å². The highest BCUT2D eigenvalue weighted by atomic mass is 127. The van der Waals surface area contributed by atoms with Crippen molar-refractivity contribution in [3.63, 3.8) is 0 Å². The maximum absolute atomic E-state index is 11.7. The maximum atomic E-state index is 11.7. The lowest BCUT2D eigenvalue weighted by Crippen LogP contribution is -2.13. The van der Waals surface area contributed by atoms with Crippen molar-refractivity contribution < 1.29 is 4.79 Å². The Kier molecular flexibility index (Phi) is 6.34. The Morgan fingerprint density at radius 1 is 1.13 bits per heavy atom. The molecule has 0 radical (unpaired) electrons. The van der Waals surface area contributed by atoms with Crippen LogP contribution in [-0.4, -0.2) is 20.4 Å². The molecule has 0 fully saturated rings. The van der Waals surface area contributed by atoms with E-state index < -0.39 is 5.91 Å². The smallest absolute Gasteiger partial charge is 0.250 e. The van der Waals surface area contributed by atoms with Gasteiger partial charge in [0, 0.05) is 16.8 Å². The van der Waals surface area contributed by atoms with Crippen molar-refractivity contribution in [1.29, 1.82) is 0 Å². The minimum absolute atomic E-state index is 0.454. The van der Waals surface area contributed by atoms with Crippen LogP contribution in [0.1, 0.15) is 33.0 Å². The van der Waals surface area contributed by atoms with Gasteiger partial charge in [-0.15, -0.1) is 0 Å². The first-order chi connectivity index (χ1) is 14.9. The Labute approximate surface area is 195 Å². The van der Waals surface area contributed by atoms with Crippen LogP contribution in [-0.2, 0) is 0 Å². The molecule has 0 aliphatic heterocycles. The summed E-state index contributed by atoms with van der Waals surface area (Å²) in [4.78, 5) is 16.3. The molecule has 0 saturated carbocycles. The molecular formula is C23H21IN5OP. The van der Waals surface area contributed by atoms with Gasteiger partial charge in [-0.05, 0) is 96.1 Å². The first-order valence-corrected chi connectivity index (χ1v) is 13.7. The lowest BCUT2D eigenvalue weighted by Gasteiger charge is -2.10. The number of para-hydroxylation sites is 1. The molecule has 8 heteroatoms. The van der Waals surface area contributed by atoms with Gasteiger partial charge < -0.3 is 11.1 Å². The molecule has 0 saturated heterocycles. The lowest BCUT2D eigenvalue weighted by atomic mass is 10.1. The summed E-state index contributed by atoms with van der Waals surface area (Å²) in [6.07, 6.45) is 4.46. The van der Waals surface area contributed by atoms with E-state index >= 15 is 0 Å². The molecule has 4 aromatic rings. The fraction of sp³-hybridized carbons (Fsp3) is 0.0870. The number of halogens is 1. The number of carbonyl (C=O) groups excluding carboxylic acids is 1. The number of aromatic nitrogens is 3. The average Bonchev–Trinajstić information content (AvgIpc) is 3.09. The number of fused-ring (bicyclic) bond motifs is 1. The number of aryl methyl sites for hydroxylation is 2. The Balaban J connectivity index is 1.69. The highest BCUT2D eigenvalue weighted by Gasteiger charge is 2.11. The number of hydrogen-bond acceptors (Lipinski definition) is 4. The zero-order chi connectivity index (χ0) is 22.0. The number of hydrogen-bond donors (Lipinski definition) is 2. The Morgan fingerprint density at radius 3 is 2.68 bits per heavy atom. The SMILES string of the molecule is Cc1cc(C)nc(/C=C/c2nn(PI)c3cc(Nc4ccccc4C(N)=O)ccc23)c1. The number of pyridine rings is 1. The molecule has 3 N–H and O–H groups in total. The molecule has 1 atom stereocenters. The van der Waals surface area contributed by atoms with Crippen LogP contribution < -0.4 is 11.1 Å². The van der Waals surface area contributed by atoms with Crippen molar-refractivity contribution in [3.05, 3.63) is 82.8 Å². The predicted molar refractivity (Wildman–Crippen MR) is 138 cm³/mol. The van der Waals surface area contributed by atoms with Gasteiger partial charge in [-0.3, -0.25) is 9.78 Å². The molecular weight excluding hydrogens is 520 g/mol. The minimum atomic E-state index is -0.463. The molecule has 156 valence electrons. The molecule has 0 bridgehead atoms. The van der Waals surface area contributed by atoms with Gasteiger partial charge in [-0.2, -0.15) is 5.10 Å². The number of nitrogens with zero attached hydrogens (tertiary/aromatic N) is 3. The highest BCUT2D eigenvalue weighted by Crippen LogP contribution is 2.33. The first kappa shape index (κ1) is 21.5. The zero-order valence-corrected chi connectivity index (χ0v) is 20.2. The van der Waals surface area contributed by atoms with E-state index in [0.29, 0.717) is 17.6 Å². The molecule has 2 aromatic heterocycles. The third-order valence-corrected chi connectivity index (χ3v) is 6.66. The second-order valence-electron chi connectivity index (χ2n) is 7.19. The van der Waals surface area contributed by atoms with Crippen LogP contribution in [0.5, 0.6) is 0 Å². The number of amides is 1. The number of primary amides is 1. The summed E-state index contributed by atoms with van der Waals surface area (Å²) < 4.78 is 1.98. The number of anilines is 2. The molecule has 0 spiro atoms. The highest BCUT2D eigenvalue weighted by molar-refractivity contribution is 14.2. The van der Waals surface area contributed by atoms with Gasteiger partial charge in [0.1, 0.15) is 0 Å². The summed E-state index contributed by atoms with van der Waals surface area (Å²) in [6.45, 7) is 4.06. The van der Waals surface area contributed by atoms with Crippen LogP contribution in [0.25, 0.3) is 23.1 Å². The molecule has 4 rings (SSSR count). The maximum Gasteiger partial charge on any atom is 0.250 e. The molecule has 0 aliphatic rings. The summed E-state index contributed by atoms with van der Waals surface area (Å²) in [5.74, 6) is -0.463. The van der Waals surface area contributed by atoms with E-state index in [1.165, 1.54) is 5.56 Å². The van der Waals surface area contributed by atoms with Crippen molar-refractivity contribution >= 4 is 68.8 Å². The van der Waals surface area contributed by atoms with E-state index in [1.807, 2.05) is 53.9 Å². The molecule has 1 unspecified atom stereocenters. The monoisotopic (exact) mass is 541 g/mol. The van der Waals surface area contributed by atoms with Gasteiger partial charge in [-0.25, -0.2) is 4.45 Å². The van der Waals surface area contributed by atoms with Gasteiger partial charge >= 0.3 is 0 Å². The fourth-order valence-electron chi connectivity index (χ4n) is 3.49.